The fourth-order valence-corrected chi connectivity index (χ4v) is 2.40. The van der Waals surface area contributed by atoms with Gasteiger partial charge in [0.15, 0.2) is 0 Å². The molecule has 4 N–H and O–H groups in total. The zero-order valence-corrected chi connectivity index (χ0v) is 11.4. The van der Waals surface area contributed by atoms with Crippen molar-refractivity contribution in [3.8, 4) is 0 Å². The summed E-state index contributed by atoms with van der Waals surface area (Å²) in [4.78, 5) is 15.1. The second-order valence-electron chi connectivity index (χ2n) is 4.13. The van der Waals surface area contributed by atoms with Crippen LogP contribution in [0, 0.1) is 0 Å². The number of nitrogens with one attached hydrogen (secondary N) is 2. The minimum atomic E-state index is -0.0731. The van der Waals surface area contributed by atoms with E-state index in [4.69, 9.17) is 5.73 Å². The van der Waals surface area contributed by atoms with Crippen molar-refractivity contribution in [1.29, 1.82) is 0 Å². The van der Waals surface area contributed by atoms with Crippen molar-refractivity contribution in [2.75, 3.05) is 23.8 Å². The maximum absolute atomic E-state index is 12.1. The Hall–Kier alpha value is -1.88. The van der Waals surface area contributed by atoms with E-state index in [1.54, 1.807) is 18.0 Å². The number of hydrogen-bond acceptors (Lipinski definition) is 3. The largest absolute Gasteiger partial charge is 0.399 e. The normalized spacial score (nSPS) is 10.5. The van der Waals surface area contributed by atoms with Crippen LogP contribution in [0.25, 0.3) is 10.9 Å². The molecule has 0 saturated carbocycles. The number of aromatic nitrogens is 1. The average molecular weight is 275 g/mol. The lowest BCUT2D eigenvalue weighted by atomic mass is 10.1. The van der Waals surface area contributed by atoms with Crippen LogP contribution in [0.5, 0.6) is 0 Å². The van der Waals surface area contributed by atoms with Gasteiger partial charge in [0, 0.05) is 40.8 Å². The van der Waals surface area contributed by atoms with Gasteiger partial charge in [-0.15, -0.1) is 6.58 Å². The second-order valence-corrected chi connectivity index (χ2v) is 5.28. The Bertz CT molecular complexity index is 591. The molecule has 0 atom stereocenters. The Morgan fingerprint density at radius 1 is 1.53 bits per heavy atom. The molecule has 0 aliphatic carbocycles. The van der Waals surface area contributed by atoms with Crippen molar-refractivity contribution in [1.82, 2.24) is 10.3 Å². The topological polar surface area (TPSA) is 70.9 Å². The number of fused-ring (bicyclic) bond motifs is 1. The molecular weight excluding hydrogens is 258 g/mol. The smallest absolute Gasteiger partial charge is 0.253 e. The fourth-order valence-electron chi connectivity index (χ4n) is 1.82. The van der Waals surface area contributed by atoms with E-state index in [-0.39, 0.29) is 5.91 Å². The molecule has 1 heterocycles. The number of benzene rings is 1. The number of carbonyl (C=O) groups is 1. The minimum absolute atomic E-state index is 0.0731. The van der Waals surface area contributed by atoms with Gasteiger partial charge in [0.05, 0.1) is 5.56 Å². The second kappa shape index (κ2) is 6.33. The van der Waals surface area contributed by atoms with Gasteiger partial charge in [0.1, 0.15) is 0 Å². The number of nitrogen functional groups attached to an aromatic ring is 1. The third-order valence-corrected chi connectivity index (χ3v) is 3.68. The number of H-pyrrole nitrogens is 1. The van der Waals surface area contributed by atoms with Crippen molar-refractivity contribution >= 4 is 34.3 Å². The van der Waals surface area contributed by atoms with Gasteiger partial charge in [0.2, 0.25) is 0 Å². The molecule has 0 bridgehead atoms. The van der Waals surface area contributed by atoms with E-state index in [1.165, 1.54) is 0 Å². The first-order valence-electron chi connectivity index (χ1n) is 6.06. The lowest BCUT2D eigenvalue weighted by Gasteiger charge is -2.03. The van der Waals surface area contributed by atoms with Gasteiger partial charge in [0.25, 0.3) is 5.91 Å². The van der Waals surface area contributed by atoms with E-state index >= 15 is 0 Å². The summed E-state index contributed by atoms with van der Waals surface area (Å²) in [5.74, 6) is 1.71. The van der Waals surface area contributed by atoms with E-state index in [1.807, 2.05) is 24.3 Å². The highest BCUT2D eigenvalue weighted by molar-refractivity contribution is 7.99. The van der Waals surface area contributed by atoms with Crippen molar-refractivity contribution in [2.24, 2.45) is 0 Å². The highest BCUT2D eigenvalue weighted by Crippen LogP contribution is 2.20. The lowest BCUT2D eigenvalue weighted by molar-refractivity contribution is 0.0958. The van der Waals surface area contributed by atoms with Crippen molar-refractivity contribution < 1.29 is 4.79 Å². The van der Waals surface area contributed by atoms with Gasteiger partial charge in [-0.05, 0) is 18.2 Å². The molecule has 4 nitrogen and oxygen atoms in total. The van der Waals surface area contributed by atoms with Crippen LogP contribution in [0.15, 0.2) is 37.1 Å². The molecule has 0 radical (unpaired) electrons. The van der Waals surface area contributed by atoms with Crippen LogP contribution < -0.4 is 11.1 Å². The molecule has 0 aliphatic rings. The summed E-state index contributed by atoms with van der Waals surface area (Å²) in [5.41, 5.74) is 7.96. The summed E-state index contributed by atoms with van der Waals surface area (Å²) in [7, 11) is 0. The van der Waals surface area contributed by atoms with Crippen LogP contribution in [0.3, 0.4) is 0 Å². The Morgan fingerprint density at radius 2 is 2.37 bits per heavy atom. The molecule has 1 aromatic heterocycles. The molecule has 0 fully saturated rings. The Morgan fingerprint density at radius 3 is 3.16 bits per heavy atom. The van der Waals surface area contributed by atoms with E-state index < -0.39 is 0 Å². The standard InChI is InChI=1S/C14H17N3OS/c1-2-6-19-7-5-16-14(18)12-9-17-13-4-3-10(15)8-11(12)13/h2-4,8-9,17H,1,5-7,15H2,(H,16,18). The summed E-state index contributed by atoms with van der Waals surface area (Å²) in [6, 6.07) is 5.50. The average Bonchev–Trinajstić information content (AvgIpc) is 2.81. The van der Waals surface area contributed by atoms with Gasteiger partial charge in [-0.25, -0.2) is 0 Å². The number of aromatic amines is 1. The molecular formula is C14H17N3OS. The summed E-state index contributed by atoms with van der Waals surface area (Å²) in [5, 5.41) is 3.76. The molecule has 100 valence electrons. The molecule has 2 rings (SSSR count). The van der Waals surface area contributed by atoms with E-state index in [0.29, 0.717) is 17.8 Å². The fraction of sp³-hybridized carbons (Fsp3) is 0.214. The van der Waals surface area contributed by atoms with Crippen LogP contribution in [-0.4, -0.2) is 28.9 Å². The van der Waals surface area contributed by atoms with E-state index in [9.17, 15) is 4.79 Å². The predicted molar refractivity (Wildman–Crippen MR) is 82.6 cm³/mol. The number of amides is 1. The maximum atomic E-state index is 12.1. The van der Waals surface area contributed by atoms with Crippen molar-refractivity contribution in [3.63, 3.8) is 0 Å². The number of rotatable bonds is 6. The molecule has 2 aromatic rings. The number of thioether (sulfide) groups is 1. The molecule has 0 unspecified atom stereocenters. The highest BCUT2D eigenvalue weighted by Gasteiger charge is 2.11. The molecule has 0 saturated heterocycles. The Labute approximate surface area is 116 Å². The zero-order valence-electron chi connectivity index (χ0n) is 10.6. The summed E-state index contributed by atoms with van der Waals surface area (Å²) in [6.07, 6.45) is 3.57. The van der Waals surface area contributed by atoms with E-state index in [0.717, 1.165) is 22.4 Å². The van der Waals surface area contributed by atoms with Gasteiger partial charge in [-0.1, -0.05) is 6.08 Å². The molecule has 5 heteroatoms. The minimum Gasteiger partial charge on any atom is -0.399 e. The predicted octanol–water partition coefficient (Wildman–Crippen LogP) is 2.40. The maximum Gasteiger partial charge on any atom is 0.253 e. The van der Waals surface area contributed by atoms with Crippen LogP contribution >= 0.6 is 11.8 Å². The zero-order chi connectivity index (χ0) is 13.7. The highest BCUT2D eigenvalue weighted by atomic mass is 32.2. The Balaban J connectivity index is 2.01. The number of carbonyl (C=O) groups excluding carboxylic acids is 1. The quantitative estimate of drug-likeness (QED) is 0.431. The SMILES string of the molecule is C=CCSCCNC(=O)c1c[nH]c2ccc(N)cc12. The van der Waals surface area contributed by atoms with Crippen LogP contribution in [-0.2, 0) is 0 Å². The molecule has 1 amide bonds. The van der Waals surface area contributed by atoms with Crippen LogP contribution in [0.4, 0.5) is 5.69 Å². The summed E-state index contributed by atoms with van der Waals surface area (Å²) >= 11 is 1.74. The number of nitrogens with two attached hydrogens (primary N) is 1. The molecule has 19 heavy (non-hydrogen) atoms. The third kappa shape index (κ3) is 3.32. The van der Waals surface area contributed by atoms with E-state index in [2.05, 4.69) is 16.9 Å². The third-order valence-electron chi connectivity index (χ3n) is 2.72. The lowest BCUT2D eigenvalue weighted by Crippen LogP contribution is -2.25. The first-order valence-corrected chi connectivity index (χ1v) is 7.21. The number of hydrogen-bond donors (Lipinski definition) is 3. The molecule has 0 aliphatic heterocycles. The number of anilines is 1. The first kappa shape index (κ1) is 13.5. The van der Waals surface area contributed by atoms with Crippen molar-refractivity contribution in [3.05, 3.63) is 42.6 Å². The van der Waals surface area contributed by atoms with Crippen LogP contribution in [0.1, 0.15) is 10.4 Å². The van der Waals surface area contributed by atoms with Gasteiger partial charge < -0.3 is 16.0 Å². The van der Waals surface area contributed by atoms with Crippen molar-refractivity contribution in [2.45, 2.75) is 0 Å². The van der Waals surface area contributed by atoms with Crippen LogP contribution in [0.2, 0.25) is 0 Å². The monoisotopic (exact) mass is 275 g/mol. The van der Waals surface area contributed by atoms with Gasteiger partial charge >= 0.3 is 0 Å². The van der Waals surface area contributed by atoms with Gasteiger partial charge in [-0.3, -0.25) is 4.79 Å². The Kier molecular flexibility index (Phi) is 4.52. The first-order chi connectivity index (χ1) is 9.22. The summed E-state index contributed by atoms with van der Waals surface area (Å²) < 4.78 is 0. The van der Waals surface area contributed by atoms with Gasteiger partial charge in [-0.2, -0.15) is 11.8 Å². The summed E-state index contributed by atoms with van der Waals surface area (Å²) in [6.45, 7) is 4.30. The molecule has 1 aromatic carbocycles. The molecule has 0 spiro atoms.